The van der Waals surface area contributed by atoms with Gasteiger partial charge in [0.2, 0.25) is 0 Å². The number of nitrogens with zero attached hydrogens (tertiary/aromatic N) is 1. The fraction of sp³-hybridized carbons (Fsp3) is 0.615. The molecule has 2 heterocycles. The van der Waals surface area contributed by atoms with Crippen molar-refractivity contribution in [2.75, 3.05) is 13.1 Å². The summed E-state index contributed by atoms with van der Waals surface area (Å²) < 4.78 is 5.65. The number of rotatable bonds is 1. The average molecular weight is 253 g/mol. The number of carbonyl (C=O) groups excluding carboxylic acids is 1. The van der Waals surface area contributed by atoms with E-state index in [0.717, 1.165) is 10.4 Å². The van der Waals surface area contributed by atoms with Crippen LogP contribution in [0.4, 0.5) is 0 Å². The minimum absolute atomic E-state index is 0.128. The van der Waals surface area contributed by atoms with Gasteiger partial charge < -0.3 is 9.64 Å². The molecule has 1 aromatic rings. The molecule has 0 aliphatic carbocycles. The summed E-state index contributed by atoms with van der Waals surface area (Å²) in [5, 5.41) is 0. The first-order chi connectivity index (χ1) is 7.97. The minimum Gasteiger partial charge on any atom is -0.372 e. The topological polar surface area (TPSA) is 29.5 Å². The van der Waals surface area contributed by atoms with Crippen LogP contribution < -0.4 is 0 Å². The molecule has 3 nitrogen and oxygen atoms in total. The van der Waals surface area contributed by atoms with E-state index in [9.17, 15) is 4.79 Å². The van der Waals surface area contributed by atoms with Crippen molar-refractivity contribution >= 4 is 17.2 Å². The zero-order valence-electron chi connectivity index (χ0n) is 10.8. The van der Waals surface area contributed by atoms with Gasteiger partial charge in [0, 0.05) is 22.8 Å². The summed E-state index contributed by atoms with van der Waals surface area (Å²) in [4.78, 5) is 16.6. The van der Waals surface area contributed by atoms with Gasteiger partial charge in [-0.15, -0.1) is 11.3 Å². The van der Waals surface area contributed by atoms with Crippen LogP contribution in [0.1, 0.15) is 34.0 Å². The third-order valence-corrected chi connectivity index (χ3v) is 3.94. The molecule has 4 heteroatoms. The highest BCUT2D eigenvalue weighted by Crippen LogP contribution is 2.23. The van der Waals surface area contributed by atoms with Crippen LogP contribution in [0.15, 0.2) is 6.07 Å². The van der Waals surface area contributed by atoms with Crippen molar-refractivity contribution < 1.29 is 9.53 Å². The molecule has 2 atom stereocenters. The maximum Gasteiger partial charge on any atom is 0.255 e. The third kappa shape index (κ3) is 2.69. The Labute approximate surface area is 106 Å². The Bertz CT molecular complexity index is 417. The molecule has 94 valence electrons. The molecule has 0 spiro atoms. The highest BCUT2D eigenvalue weighted by Gasteiger charge is 2.27. The smallest absolute Gasteiger partial charge is 0.255 e. The van der Waals surface area contributed by atoms with Crippen LogP contribution in [0.25, 0.3) is 0 Å². The van der Waals surface area contributed by atoms with Gasteiger partial charge in [-0.2, -0.15) is 0 Å². The molecule has 0 radical (unpaired) electrons. The number of hydrogen-bond acceptors (Lipinski definition) is 3. The molecular formula is C13H19NO2S. The Balaban J connectivity index is 2.17. The zero-order chi connectivity index (χ0) is 12.6. The normalized spacial score (nSPS) is 25.1. The van der Waals surface area contributed by atoms with Crippen molar-refractivity contribution in [2.45, 2.75) is 39.9 Å². The summed E-state index contributed by atoms with van der Waals surface area (Å²) >= 11 is 1.68. The van der Waals surface area contributed by atoms with E-state index in [-0.39, 0.29) is 18.1 Å². The molecule has 0 N–H and O–H groups in total. The predicted molar refractivity (Wildman–Crippen MR) is 69.7 cm³/mol. The Kier molecular flexibility index (Phi) is 3.54. The molecule has 1 saturated heterocycles. The van der Waals surface area contributed by atoms with Gasteiger partial charge in [0.15, 0.2) is 0 Å². The number of amides is 1. The Morgan fingerprint density at radius 3 is 2.41 bits per heavy atom. The van der Waals surface area contributed by atoms with Crippen LogP contribution in [-0.2, 0) is 4.74 Å². The quantitative estimate of drug-likeness (QED) is 0.770. The molecular weight excluding hydrogens is 234 g/mol. The summed E-state index contributed by atoms with van der Waals surface area (Å²) in [6.07, 6.45) is 0.255. The van der Waals surface area contributed by atoms with Gasteiger partial charge in [-0.25, -0.2) is 0 Å². The fourth-order valence-corrected chi connectivity index (χ4v) is 3.27. The second-order valence-corrected chi connectivity index (χ2v) is 6.25. The van der Waals surface area contributed by atoms with Crippen LogP contribution in [0.2, 0.25) is 0 Å². The monoisotopic (exact) mass is 253 g/mol. The number of carbonyl (C=O) groups is 1. The summed E-state index contributed by atoms with van der Waals surface area (Å²) in [5.74, 6) is 0.147. The molecule has 0 aromatic carbocycles. The van der Waals surface area contributed by atoms with E-state index in [1.165, 1.54) is 4.88 Å². The van der Waals surface area contributed by atoms with Crippen molar-refractivity contribution in [3.8, 4) is 0 Å². The fourth-order valence-electron chi connectivity index (χ4n) is 2.36. The second kappa shape index (κ2) is 4.78. The standard InChI is InChI=1S/C13H19NO2S/c1-8-6-14(7-9(2)16-8)13(15)12-5-10(3)17-11(12)4/h5,8-9H,6-7H2,1-4H3. The van der Waals surface area contributed by atoms with Gasteiger partial charge in [0.05, 0.1) is 17.8 Å². The molecule has 1 fully saturated rings. The number of thiophene rings is 1. The molecule has 0 saturated carbocycles. The maximum absolute atomic E-state index is 12.4. The second-order valence-electron chi connectivity index (χ2n) is 4.79. The van der Waals surface area contributed by atoms with Gasteiger partial charge in [-0.1, -0.05) is 0 Å². The third-order valence-electron chi connectivity index (χ3n) is 2.98. The van der Waals surface area contributed by atoms with E-state index in [2.05, 4.69) is 0 Å². The largest absolute Gasteiger partial charge is 0.372 e. The van der Waals surface area contributed by atoms with Crippen molar-refractivity contribution in [3.05, 3.63) is 21.4 Å². The zero-order valence-corrected chi connectivity index (χ0v) is 11.6. The molecule has 1 aliphatic heterocycles. The number of ether oxygens (including phenoxy) is 1. The lowest BCUT2D eigenvalue weighted by molar-refractivity contribution is -0.0586. The first-order valence-corrected chi connectivity index (χ1v) is 6.80. The molecule has 1 aliphatic rings. The van der Waals surface area contributed by atoms with Crippen LogP contribution in [-0.4, -0.2) is 36.1 Å². The summed E-state index contributed by atoms with van der Waals surface area (Å²) in [7, 11) is 0. The number of aryl methyl sites for hydroxylation is 2. The molecule has 2 rings (SSSR count). The molecule has 0 bridgehead atoms. The van der Waals surface area contributed by atoms with Crippen molar-refractivity contribution in [2.24, 2.45) is 0 Å². The lowest BCUT2D eigenvalue weighted by Gasteiger charge is -2.35. The van der Waals surface area contributed by atoms with Crippen LogP contribution in [0, 0.1) is 13.8 Å². The summed E-state index contributed by atoms with van der Waals surface area (Å²) in [6, 6.07) is 1.99. The first kappa shape index (κ1) is 12.6. The Hall–Kier alpha value is -0.870. The van der Waals surface area contributed by atoms with Crippen molar-refractivity contribution in [1.82, 2.24) is 4.90 Å². The SMILES string of the molecule is Cc1cc(C(=O)N2CC(C)OC(C)C2)c(C)s1. The highest BCUT2D eigenvalue weighted by atomic mass is 32.1. The molecule has 17 heavy (non-hydrogen) atoms. The lowest BCUT2D eigenvalue weighted by atomic mass is 10.1. The van der Waals surface area contributed by atoms with E-state index >= 15 is 0 Å². The van der Waals surface area contributed by atoms with Gasteiger partial charge in [-0.3, -0.25) is 4.79 Å². The Morgan fingerprint density at radius 1 is 1.35 bits per heavy atom. The van der Waals surface area contributed by atoms with Crippen molar-refractivity contribution in [3.63, 3.8) is 0 Å². The summed E-state index contributed by atoms with van der Waals surface area (Å²) in [5.41, 5.74) is 0.855. The van der Waals surface area contributed by atoms with E-state index in [1.807, 2.05) is 38.7 Å². The van der Waals surface area contributed by atoms with Gasteiger partial charge in [-0.05, 0) is 33.8 Å². The molecule has 2 unspecified atom stereocenters. The van der Waals surface area contributed by atoms with E-state index in [4.69, 9.17) is 4.74 Å². The van der Waals surface area contributed by atoms with Crippen LogP contribution >= 0.6 is 11.3 Å². The molecule has 1 aromatic heterocycles. The van der Waals surface area contributed by atoms with Gasteiger partial charge in [0.1, 0.15) is 0 Å². The minimum atomic E-state index is 0.128. The van der Waals surface area contributed by atoms with E-state index < -0.39 is 0 Å². The maximum atomic E-state index is 12.4. The lowest BCUT2D eigenvalue weighted by Crippen LogP contribution is -2.48. The van der Waals surface area contributed by atoms with Crippen LogP contribution in [0.3, 0.4) is 0 Å². The van der Waals surface area contributed by atoms with Gasteiger partial charge >= 0.3 is 0 Å². The van der Waals surface area contributed by atoms with E-state index in [1.54, 1.807) is 11.3 Å². The summed E-state index contributed by atoms with van der Waals surface area (Å²) in [6.45, 7) is 9.47. The first-order valence-electron chi connectivity index (χ1n) is 5.99. The van der Waals surface area contributed by atoms with Crippen molar-refractivity contribution in [1.29, 1.82) is 0 Å². The van der Waals surface area contributed by atoms with E-state index in [0.29, 0.717) is 13.1 Å². The molecule has 1 amide bonds. The van der Waals surface area contributed by atoms with Gasteiger partial charge in [0.25, 0.3) is 5.91 Å². The number of morpholine rings is 1. The highest BCUT2D eigenvalue weighted by molar-refractivity contribution is 7.12. The number of hydrogen-bond donors (Lipinski definition) is 0. The average Bonchev–Trinajstić information content (AvgIpc) is 2.55. The Morgan fingerprint density at radius 2 is 1.94 bits per heavy atom. The van der Waals surface area contributed by atoms with Crippen LogP contribution in [0.5, 0.6) is 0 Å². The predicted octanol–water partition coefficient (Wildman–Crippen LogP) is 2.61.